The summed E-state index contributed by atoms with van der Waals surface area (Å²) in [4.78, 5) is 36.8. The Bertz CT molecular complexity index is 860. The summed E-state index contributed by atoms with van der Waals surface area (Å²) < 4.78 is 0. The number of nitro groups is 1. The fourth-order valence-electron chi connectivity index (χ4n) is 3.15. The maximum atomic E-state index is 12.8. The summed E-state index contributed by atoms with van der Waals surface area (Å²) in [5, 5.41) is 11.1. The molecule has 0 atom stereocenters. The van der Waals surface area contributed by atoms with Crippen molar-refractivity contribution in [2.75, 3.05) is 11.4 Å². The number of aryl methyl sites for hydroxylation is 1. The standard InChI is InChI=1S/C19H18N2O4/c1-13(22)15-9-8-14-6-4-10-20(18(14)11-15)19(23)12-16-5-2-3-7-17(16)21(24)25/h2-3,5,7-9,11H,4,6,10,12H2,1H3. The van der Waals surface area contributed by atoms with E-state index in [0.717, 1.165) is 24.1 Å². The van der Waals surface area contributed by atoms with Crippen molar-refractivity contribution in [1.29, 1.82) is 0 Å². The number of nitro benzene ring substituents is 1. The Labute approximate surface area is 145 Å². The van der Waals surface area contributed by atoms with Gasteiger partial charge in [-0.25, -0.2) is 0 Å². The Hall–Kier alpha value is -3.02. The van der Waals surface area contributed by atoms with E-state index in [1.54, 1.807) is 35.2 Å². The van der Waals surface area contributed by atoms with Crippen LogP contribution in [0.5, 0.6) is 0 Å². The van der Waals surface area contributed by atoms with E-state index < -0.39 is 4.92 Å². The van der Waals surface area contributed by atoms with Crippen LogP contribution in [0.3, 0.4) is 0 Å². The zero-order valence-corrected chi connectivity index (χ0v) is 13.9. The maximum absolute atomic E-state index is 12.8. The molecule has 0 N–H and O–H groups in total. The van der Waals surface area contributed by atoms with E-state index in [9.17, 15) is 19.7 Å². The van der Waals surface area contributed by atoms with Crippen molar-refractivity contribution in [3.63, 3.8) is 0 Å². The van der Waals surface area contributed by atoms with Crippen molar-refractivity contribution in [3.05, 3.63) is 69.3 Å². The highest BCUT2D eigenvalue weighted by Gasteiger charge is 2.25. The summed E-state index contributed by atoms with van der Waals surface area (Å²) in [5.74, 6) is -0.254. The van der Waals surface area contributed by atoms with Crippen molar-refractivity contribution < 1.29 is 14.5 Å². The molecule has 0 saturated carbocycles. The number of fused-ring (bicyclic) bond motifs is 1. The number of ketones is 1. The lowest BCUT2D eigenvalue weighted by Crippen LogP contribution is -2.36. The molecule has 25 heavy (non-hydrogen) atoms. The normalized spacial score (nSPS) is 13.2. The van der Waals surface area contributed by atoms with Crippen molar-refractivity contribution in [3.8, 4) is 0 Å². The van der Waals surface area contributed by atoms with Gasteiger partial charge in [-0.1, -0.05) is 30.3 Å². The third-order valence-electron chi connectivity index (χ3n) is 4.44. The lowest BCUT2D eigenvalue weighted by atomic mass is 9.97. The van der Waals surface area contributed by atoms with E-state index in [1.165, 1.54) is 13.0 Å². The van der Waals surface area contributed by atoms with Crippen LogP contribution in [0.2, 0.25) is 0 Å². The predicted molar refractivity (Wildman–Crippen MR) is 93.9 cm³/mol. The SMILES string of the molecule is CC(=O)c1ccc2c(c1)N(C(=O)Cc1ccccc1[N+](=O)[O-])CCC2. The molecule has 1 heterocycles. The second-order valence-corrected chi connectivity index (χ2v) is 6.11. The van der Waals surface area contributed by atoms with Gasteiger partial charge in [0.25, 0.3) is 5.69 Å². The molecule has 0 fully saturated rings. The van der Waals surface area contributed by atoms with Crippen molar-refractivity contribution >= 4 is 23.1 Å². The Morgan fingerprint density at radius 2 is 1.96 bits per heavy atom. The van der Waals surface area contributed by atoms with Gasteiger partial charge >= 0.3 is 0 Å². The number of hydrogen-bond acceptors (Lipinski definition) is 4. The minimum absolute atomic E-state index is 0.0408. The number of hydrogen-bond donors (Lipinski definition) is 0. The van der Waals surface area contributed by atoms with Gasteiger partial charge in [-0.05, 0) is 31.4 Å². The average Bonchev–Trinajstić information content (AvgIpc) is 2.60. The molecule has 6 nitrogen and oxygen atoms in total. The zero-order chi connectivity index (χ0) is 18.0. The number of carbonyl (C=O) groups is 2. The fourth-order valence-corrected chi connectivity index (χ4v) is 3.15. The molecule has 1 aliphatic rings. The molecule has 6 heteroatoms. The van der Waals surface area contributed by atoms with Crippen LogP contribution >= 0.6 is 0 Å². The molecule has 1 aliphatic heterocycles. The van der Waals surface area contributed by atoms with Crippen molar-refractivity contribution in [2.24, 2.45) is 0 Å². The smallest absolute Gasteiger partial charge is 0.273 e. The minimum Gasteiger partial charge on any atom is -0.312 e. The van der Waals surface area contributed by atoms with Crippen LogP contribution in [0.1, 0.15) is 34.8 Å². The van der Waals surface area contributed by atoms with E-state index in [0.29, 0.717) is 17.7 Å². The molecule has 0 unspecified atom stereocenters. The number of amides is 1. The number of para-hydroxylation sites is 1. The Morgan fingerprint density at radius 1 is 1.20 bits per heavy atom. The number of benzene rings is 2. The number of anilines is 1. The first-order valence-corrected chi connectivity index (χ1v) is 8.14. The monoisotopic (exact) mass is 338 g/mol. The van der Waals surface area contributed by atoms with Gasteiger partial charge < -0.3 is 4.90 Å². The number of nitrogens with zero attached hydrogens (tertiary/aromatic N) is 2. The van der Waals surface area contributed by atoms with Gasteiger partial charge in [-0.3, -0.25) is 19.7 Å². The van der Waals surface area contributed by atoms with Gasteiger partial charge in [0.05, 0.1) is 11.3 Å². The number of rotatable bonds is 4. The molecule has 2 aromatic carbocycles. The van der Waals surface area contributed by atoms with Crippen LogP contribution in [0, 0.1) is 10.1 Å². The largest absolute Gasteiger partial charge is 0.312 e. The highest BCUT2D eigenvalue weighted by atomic mass is 16.6. The predicted octanol–water partition coefficient (Wildman–Crippen LogP) is 3.32. The quantitative estimate of drug-likeness (QED) is 0.486. The highest BCUT2D eigenvalue weighted by Crippen LogP contribution is 2.30. The summed E-state index contributed by atoms with van der Waals surface area (Å²) in [6.07, 6.45) is 1.64. The zero-order valence-electron chi connectivity index (χ0n) is 13.9. The van der Waals surface area contributed by atoms with Gasteiger partial charge in [0.2, 0.25) is 5.91 Å². The van der Waals surface area contributed by atoms with Crippen LogP contribution in [0.25, 0.3) is 0 Å². The molecule has 1 amide bonds. The molecular formula is C19H18N2O4. The van der Waals surface area contributed by atoms with E-state index in [4.69, 9.17) is 0 Å². The summed E-state index contributed by atoms with van der Waals surface area (Å²) in [5.41, 5.74) is 2.66. The van der Waals surface area contributed by atoms with E-state index in [1.807, 2.05) is 6.07 Å². The topological polar surface area (TPSA) is 80.5 Å². The second kappa shape index (κ2) is 6.84. The maximum Gasteiger partial charge on any atom is 0.273 e. The first-order valence-electron chi connectivity index (χ1n) is 8.14. The molecule has 0 radical (unpaired) electrons. The minimum atomic E-state index is -0.472. The lowest BCUT2D eigenvalue weighted by Gasteiger charge is -2.30. The molecule has 3 rings (SSSR count). The Kier molecular flexibility index (Phi) is 4.61. The number of carbonyl (C=O) groups excluding carboxylic acids is 2. The Morgan fingerprint density at radius 3 is 2.68 bits per heavy atom. The molecule has 128 valence electrons. The van der Waals surface area contributed by atoms with Gasteiger partial charge in [0.15, 0.2) is 5.78 Å². The third-order valence-corrected chi connectivity index (χ3v) is 4.44. The first-order chi connectivity index (χ1) is 12.0. The molecule has 0 bridgehead atoms. The molecule has 0 spiro atoms. The number of Topliss-reactive ketones (excluding diaryl/α,β-unsaturated/α-hetero) is 1. The van der Waals surface area contributed by atoms with Gasteiger partial charge in [-0.15, -0.1) is 0 Å². The van der Waals surface area contributed by atoms with Crippen LogP contribution in [-0.4, -0.2) is 23.2 Å². The van der Waals surface area contributed by atoms with Crippen LogP contribution in [-0.2, 0) is 17.6 Å². The molecule has 0 aromatic heterocycles. The summed E-state index contributed by atoms with van der Waals surface area (Å²) >= 11 is 0. The van der Waals surface area contributed by atoms with Crippen molar-refractivity contribution in [1.82, 2.24) is 0 Å². The summed E-state index contributed by atoms with van der Waals surface area (Å²) in [7, 11) is 0. The second-order valence-electron chi connectivity index (χ2n) is 6.11. The molecule has 0 aliphatic carbocycles. The lowest BCUT2D eigenvalue weighted by molar-refractivity contribution is -0.385. The van der Waals surface area contributed by atoms with Crippen LogP contribution in [0.15, 0.2) is 42.5 Å². The first kappa shape index (κ1) is 16.8. The third kappa shape index (κ3) is 3.42. The van der Waals surface area contributed by atoms with Crippen molar-refractivity contribution in [2.45, 2.75) is 26.2 Å². The van der Waals surface area contributed by atoms with Gasteiger partial charge in [0.1, 0.15) is 0 Å². The molecular weight excluding hydrogens is 320 g/mol. The van der Waals surface area contributed by atoms with E-state index in [2.05, 4.69) is 0 Å². The van der Waals surface area contributed by atoms with E-state index >= 15 is 0 Å². The highest BCUT2D eigenvalue weighted by molar-refractivity contribution is 5.99. The van der Waals surface area contributed by atoms with E-state index in [-0.39, 0.29) is 23.8 Å². The molecule has 0 saturated heterocycles. The summed E-state index contributed by atoms with van der Waals surface area (Å²) in [6.45, 7) is 2.04. The van der Waals surface area contributed by atoms with Crippen LogP contribution in [0.4, 0.5) is 11.4 Å². The molecule has 2 aromatic rings. The summed E-state index contributed by atoms with van der Waals surface area (Å²) in [6, 6.07) is 11.7. The van der Waals surface area contributed by atoms with Crippen LogP contribution < -0.4 is 4.90 Å². The van der Waals surface area contributed by atoms with Gasteiger partial charge in [-0.2, -0.15) is 0 Å². The fraction of sp³-hybridized carbons (Fsp3) is 0.263. The van der Waals surface area contributed by atoms with Gasteiger partial charge in [0, 0.05) is 29.4 Å². The average molecular weight is 338 g/mol. The Balaban J connectivity index is 1.91.